The first-order chi connectivity index (χ1) is 12.3. The maximum atomic E-state index is 5.96. The average Bonchev–Trinajstić information content (AvgIpc) is 3.24. The molecule has 0 saturated heterocycles. The molecular weight excluding hydrogens is 370 g/mol. The molecule has 25 heavy (non-hydrogen) atoms. The van der Waals surface area contributed by atoms with Crippen LogP contribution in [0.25, 0.3) is 11.4 Å². The molecule has 0 atom stereocenters. The molecule has 0 fully saturated rings. The Morgan fingerprint density at radius 2 is 1.96 bits per heavy atom. The number of thioether (sulfide) groups is 1. The van der Waals surface area contributed by atoms with Crippen LogP contribution in [-0.2, 0) is 25.1 Å². The van der Waals surface area contributed by atoms with E-state index in [-0.39, 0.29) is 0 Å². The molecule has 3 aromatic rings. The highest BCUT2D eigenvalue weighted by Gasteiger charge is 2.21. The minimum Gasteiger partial charge on any atom is -0.302 e. The van der Waals surface area contributed by atoms with Crippen LogP contribution in [0.15, 0.2) is 34.8 Å². The van der Waals surface area contributed by atoms with Gasteiger partial charge in [-0.2, -0.15) is 0 Å². The van der Waals surface area contributed by atoms with Gasteiger partial charge in [-0.3, -0.25) is 0 Å². The van der Waals surface area contributed by atoms with Gasteiger partial charge in [-0.1, -0.05) is 35.5 Å². The van der Waals surface area contributed by atoms with Gasteiger partial charge in [0.25, 0.3) is 0 Å². The Kier molecular flexibility index (Phi) is 5.15. The molecule has 0 amide bonds. The number of fused-ring (bicyclic) bond motifs is 1. The van der Waals surface area contributed by atoms with Crippen LogP contribution in [0.4, 0.5) is 0 Å². The van der Waals surface area contributed by atoms with Crippen molar-refractivity contribution in [3.05, 3.63) is 50.7 Å². The molecule has 1 aromatic carbocycles. The summed E-state index contributed by atoms with van der Waals surface area (Å²) in [6.45, 7) is 3.05. The predicted octanol–water partition coefficient (Wildman–Crippen LogP) is 5.85. The zero-order chi connectivity index (χ0) is 17.2. The van der Waals surface area contributed by atoms with E-state index in [1.165, 1.54) is 42.4 Å². The number of aromatic nitrogens is 3. The highest BCUT2D eigenvalue weighted by molar-refractivity contribution is 7.98. The molecule has 3 nitrogen and oxygen atoms in total. The van der Waals surface area contributed by atoms with Gasteiger partial charge < -0.3 is 4.57 Å². The van der Waals surface area contributed by atoms with Crippen molar-refractivity contribution in [2.45, 2.75) is 50.1 Å². The van der Waals surface area contributed by atoms with Gasteiger partial charge in [0.2, 0.25) is 0 Å². The molecule has 130 valence electrons. The SMILES string of the molecule is CCn1c(SCc2ccc(Cl)cc2)nnc1-c1csc2c1CCCC2. The molecule has 4 rings (SSSR count). The van der Waals surface area contributed by atoms with Crippen LogP contribution in [0.1, 0.15) is 35.8 Å². The van der Waals surface area contributed by atoms with E-state index in [9.17, 15) is 0 Å². The molecule has 0 radical (unpaired) electrons. The lowest BCUT2D eigenvalue weighted by atomic mass is 9.96. The van der Waals surface area contributed by atoms with Crippen molar-refractivity contribution in [1.29, 1.82) is 0 Å². The van der Waals surface area contributed by atoms with E-state index in [2.05, 4.69) is 39.2 Å². The van der Waals surface area contributed by atoms with Crippen molar-refractivity contribution in [3.63, 3.8) is 0 Å². The molecule has 1 aliphatic rings. The molecule has 0 spiro atoms. The number of nitrogens with zero attached hydrogens (tertiary/aromatic N) is 3. The van der Waals surface area contributed by atoms with Gasteiger partial charge in [0.15, 0.2) is 11.0 Å². The Hall–Kier alpha value is -1.30. The number of rotatable bonds is 5. The van der Waals surface area contributed by atoms with Gasteiger partial charge in [-0.25, -0.2) is 0 Å². The Labute approximate surface area is 161 Å². The van der Waals surface area contributed by atoms with Crippen LogP contribution < -0.4 is 0 Å². The zero-order valence-electron chi connectivity index (χ0n) is 14.2. The fraction of sp³-hybridized carbons (Fsp3) is 0.368. The van der Waals surface area contributed by atoms with Gasteiger partial charge in [0.05, 0.1) is 0 Å². The van der Waals surface area contributed by atoms with Crippen LogP contribution in [-0.4, -0.2) is 14.8 Å². The summed E-state index contributed by atoms with van der Waals surface area (Å²) in [5.74, 6) is 1.90. The quantitative estimate of drug-likeness (QED) is 0.512. The summed E-state index contributed by atoms with van der Waals surface area (Å²) < 4.78 is 2.25. The Bertz CT molecular complexity index is 867. The van der Waals surface area contributed by atoms with Crippen molar-refractivity contribution >= 4 is 34.7 Å². The molecule has 2 aromatic heterocycles. The molecule has 0 aliphatic heterocycles. The monoisotopic (exact) mass is 389 g/mol. The second-order valence-corrected chi connectivity index (χ2v) is 8.57. The van der Waals surface area contributed by atoms with Crippen LogP contribution >= 0.6 is 34.7 Å². The molecule has 1 aliphatic carbocycles. The first kappa shape index (κ1) is 17.1. The minimum atomic E-state index is 0.773. The minimum absolute atomic E-state index is 0.773. The molecule has 6 heteroatoms. The lowest BCUT2D eigenvalue weighted by Crippen LogP contribution is -2.03. The van der Waals surface area contributed by atoms with E-state index in [1.807, 2.05) is 23.5 Å². The summed E-state index contributed by atoms with van der Waals surface area (Å²) >= 11 is 9.58. The van der Waals surface area contributed by atoms with E-state index in [1.54, 1.807) is 16.6 Å². The predicted molar refractivity (Wildman–Crippen MR) is 107 cm³/mol. The van der Waals surface area contributed by atoms with Gasteiger partial charge in [0.1, 0.15) is 0 Å². The largest absolute Gasteiger partial charge is 0.302 e. The first-order valence-electron chi connectivity index (χ1n) is 8.66. The van der Waals surface area contributed by atoms with E-state index >= 15 is 0 Å². The molecule has 0 saturated carbocycles. The highest BCUT2D eigenvalue weighted by atomic mass is 35.5. The molecular formula is C19H20ClN3S2. The van der Waals surface area contributed by atoms with Gasteiger partial charge in [0, 0.05) is 33.1 Å². The van der Waals surface area contributed by atoms with Crippen molar-refractivity contribution in [1.82, 2.24) is 14.8 Å². The third-order valence-corrected chi connectivity index (χ3v) is 6.99. The molecule has 0 bridgehead atoms. The second kappa shape index (κ2) is 7.52. The zero-order valence-corrected chi connectivity index (χ0v) is 16.6. The number of hydrogen-bond donors (Lipinski definition) is 0. The topological polar surface area (TPSA) is 30.7 Å². The maximum absolute atomic E-state index is 5.96. The fourth-order valence-electron chi connectivity index (χ4n) is 3.29. The fourth-order valence-corrected chi connectivity index (χ4v) is 5.50. The number of hydrogen-bond acceptors (Lipinski definition) is 4. The number of benzene rings is 1. The van der Waals surface area contributed by atoms with Crippen LogP contribution in [0, 0.1) is 0 Å². The number of thiophene rings is 1. The molecule has 2 heterocycles. The van der Waals surface area contributed by atoms with Crippen LogP contribution in [0.5, 0.6) is 0 Å². The Morgan fingerprint density at radius 1 is 1.16 bits per heavy atom. The first-order valence-corrected chi connectivity index (χ1v) is 10.9. The average molecular weight is 390 g/mol. The molecule has 0 unspecified atom stereocenters. The maximum Gasteiger partial charge on any atom is 0.191 e. The molecule has 0 N–H and O–H groups in total. The number of aryl methyl sites for hydroxylation is 1. The van der Waals surface area contributed by atoms with Gasteiger partial charge >= 0.3 is 0 Å². The second-order valence-electron chi connectivity index (χ2n) is 6.22. The Morgan fingerprint density at radius 3 is 2.76 bits per heavy atom. The van der Waals surface area contributed by atoms with Gasteiger partial charge in [-0.15, -0.1) is 21.5 Å². The van der Waals surface area contributed by atoms with Crippen molar-refractivity contribution in [2.75, 3.05) is 0 Å². The summed E-state index contributed by atoms with van der Waals surface area (Å²) in [7, 11) is 0. The van der Waals surface area contributed by atoms with E-state index in [0.29, 0.717) is 0 Å². The highest BCUT2D eigenvalue weighted by Crippen LogP contribution is 2.37. The summed E-state index contributed by atoms with van der Waals surface area (Å²) in [5, 5.41) is 13.1. The lowest BCUT2D eigenvalue weighted by molar-refractivity contribution is 0.680. The summed E-state index contributed by atoms with van der Waals surface area (Å²) in [6, 6.07) is 8.01. The summed E-state index contributed by atoms with van der Waals surface area (Å²) in [4.78, 5) is 1.54. The van der Waals surface area contributed by atoms with Crippen LogP contribution in [0.2, 0.25) is 5.02 Å². The van der Waals surface area contributed by atoms with Crippen molar-refractivity contribution in [3.8, 4) is 11.4 Å². The van der Waals surface area contributed by atoms with Crippen LogP contribution in [0.3, 0.4) is 0 Å². The van der Waals surface area contributed by atoms with E-state index in [4.69, 9.17) is 11.6 Å². The lowest BCUT2D eigenvalue weighted by Gasteiger charge is -2.13. The third kappa shape index (κ3) is 3.50. The third-order valence-electron chi connectivity index (χ3n) is 4.62. The normalized spacial score (nSPS) is 13.8. The summed E-state index contributed by atoms with van der Waals surface area (Å²) in [6.07, 6.45) is 5.00. The van der Waals surface area contributed by atoms with Crippen molar-refractivity contribution in [2.24, 2.45) is 0 Å². The standard InChI is InChI=1S/C19H20ClN3S2/c1-2-23-18(16-12-24-17-6-4-3-5-15(16)17)21-22-19(23)25-11-13-7-9-14(20)10-8-13/h7-10,12H,2-6,11H2,1H3. The van der Waals surface area contributed by atoms with Crippen molar-refractivity contribution < 1.29 is 0 Å². The smallest absolute Gasteiger partial charge is 0.191 e. The van der Waals surface area contributed by atoms with E-state index in [0.717, 1.165) is 28.3 Å². The summed E-state index contributed by atoms with van der Waals surface area (Å²) in [5.41, 5.74) is 4.05. The Balaban J connectivity index is 1.59. The van der Waals surface area contributed by atoms with Gasteiger partial charge in [-0.05, 0) is 55.9 Å². The van der Waals surface area contributed by atoms with E-state index < -0.39 is 0 Å². The number of halogens is 1.